The molecule has 0 aromatic rings. The van der Waals surface area contributed by atoms with Crippen molar-refractivity contribution in [2.75, 3.05) is 5.75 Å². The molecule has 0 heterocycles. The molecule has 4 N–H and O–H groups in total. The highest BCUT2D eigenvalue weighted by Gasteiger charge is 2.27. The van der Waals surface area contributed by atoms with E-state index in [1.165, 1.54) is 0 Å². The van der Waals surface area contributed by atoms with Crippen LogP contribution in [0, 0.1) is 11.8 Å². The molecule has 1 fully saturated rings. The molecule has 1 rings (SSSR count). The molecule has 1 saturated carbocycles. The fraction of sp³-hybridized carbons (Fsp3) is 0.900. The molecule has 0 saturated heterocycles. The van der Waals surface area contributed by atoms with Gasteiger partial charge in [-0.25, -0.2) is 13.1 Å². The van der Waals surface area contributed by atoms with Gasteiger partial charge in [-0.1, -0.05) is 31.8 Å². The van der Waals surface area contributed by atoms with E-state index < -0.39 is 16.1 Å². The molecule has 0 spiro atoms. The Labute approximate surface area is 102 Å². The van der Waals surface area contributed by atoms with E-state index in [0.717, 1.165) is 12.8 Å². The van der Waals surface area contributed by atoms with Crippen LogP contribution in [0.2, 0.25) is 0 Å². The van der Waals surface area contributed by atoms with Gasteiger partial charge in [0, 0.05) is 0 Å². The lowest BCUT2D eigenvalue weighted by Crippen LogP contribution is -2.48. The SMILES string of the molecule is CC(C)C(NS(=O)(=O)CCC1CC1)C(N)=NO. The molecule has 0 aromatic carbocycles. The molecule has 0 aliphatic heterocycles. The maximum absolute atomic E-state index is 11.8. The first kappa shape index (κ1) is 14.2. The van der Waals surface area contributed by atoms with Gasteiger partial charge in [-0.2, -0.15) is 0 Å². The van der Waals surface area contributed by atoms with Gasteiger partial charge in [0.2, 0.25) is 10.0 Å². The van der Waals surface area contributed by atoms with Crippen LogP contribution < -0.4 is 10.5 Å². The van der Waals surface area contributed by atoms with Crippen molar-refractivity contribution in [1.29, 1.82) is 0 Å². The van der Waals surface area contributed by atoms with Gasteiger partial charge in [0.25, 0.3) is 0 Å². The average Bonchev–Trinajstić information content (AvgIpc) is 3.06. The number of nitrogens with two attached hydrogens (primary N) is 1. The van der Waals surface area contributed by atoms with Gasteiger partial charge in [-0.15, -0.1) is 0 Å². The second-order valence-corrected chi connectivity index (χ2v) is 6.79. The Morgan fingerprint density at radius 3 is 2.53 bits per heavy atom. The first-order valence-corrected chi connectivity index (χ1v) is 7.48. The van der Waals surface area contributed by atoms with Gasteiger partial charge in [-0.3, -0.25) is 0 Å². The zero-order valence-corrected chi connectivity index (χ0v) is 11.1. The van der Waals surface area contributed by atoms with Crippen molar-refractivity contribution in [2.24, 2.45) is 22.7 Å². The lowest BCUT2D eigenvalue weighted by atomic mass is 10.1. The first-order chi connectivity index (χ1) is 7.85. The minimum atomic E-state index is -3.36. The number of hydrogen-bond acceptors (Lipinski definition) is 4. The summed E-state index contributed by atoms with van der Waals surface area (Å²) in [5.41, 5.74) is 5.47. The number of nitrogens with one attached hydrogen (secondary N) is 1. The van der Waals surface area contributed by atoms with E-state index in [1.807, 2.05) is 13.8 Å². The summed E-state index contributed by atoms with van der Waals surface area (Å²) in [5.74, 6) is 0.504. The smallest absolute Gasteiger partial charge is 0.212 e. The van der Waals surface area contributed by atoms with E-state index in [1.54, 1.807) is 0 Å². The number of nitrogens with zero attached hydrogens (tertiary/aromatic N) is 1. The monoisotopic (exact) mass is 263 g/mol. The Morgan fingerprint density at radius 1 is 1.53 bits per heavy atom. The fourth-order valence-electron chi connectivity index (χ4n) is 1.58. The van der Waals surface area contributed by atoms with Crippen LogP contribution >= 0.6 is 0 Å². The number of oxime groups is 1. The number of rotatable bonds is 7. The summed E-state index contributed by atoms with van der Waals surface area (Å²) in [7, 11) is -3.36. The first-order valence-electron chi connectivity index (χ1n) is 5.83. The van der Waals surface area contributed by atoms with Crippen molar-refractivity contribution in [2.45, 2.75) is 39.2 Å². The molecule has 100 valence electrons. The molecule has 7 heteroatoms. The molecular weight excluding hydrogens is 242 g/mol. The van der Waals surface area contributed by atoms with Crippen LogP contribution in [0.4, 0.5) is 0 Å². The largest absolute Gasteiger partial charge is 0.409 e. The van der Waals surface area contributed by atoms with Gasteiger partial charge in [0.05, 0.1) is 11.8 Å². The molecule has 0 radical (unpaired) electrons. The third-order valence-corrected chi connectivity index (χ3v) is 4.29. The molecule has 1 atom stereocenters. The highest BCUT2D eigenvalue weighted by atomic mass is 32.2. The van der Waals surface area contributed by atoms with Crippen LogP contribution in [0.25, 0.3) is 0 Å². The summed E-state index contributed by atoms with van der Waals surface area (Å²) in [5, 5.41) is 11.5. The second-order valence-electron chi connectivity index (χ2n) is 4.92. The van der Waals surface area contributed by atoms with E-state index in [2.05, 4.69) is 9.88 Å². The molecule has 17 heavy (non-hydrogen) atoms. The number of hydrogen-bond donors (Lipinski definition) is 3. The number of amidine groups is 1. The standard InChI is InChI=1S/C10H21N3O3S/c1-7(2)9(10(11)12-14)13-17(15,16)6-5-8-3-4-8/h7-9,13-14H,3-6H2,1-2H3,(H2,11,12). The van der Waals surface area contributed by atoms with Crippen LogP contribution in [0.3, 0.4) is 0 Å². The predicted molar refractivity (Wildman–Crippen MR) is 66.3 cm³/mol. The zero-order chi connectivity index (χ0) is 13.1. The molecule has 0 amide bonds. The van der Waals surface area contributed by atoms with E-state index in [4.69, 9.17) is 10.9 Å². The molecule has 0 aromatic heterocycles. The zero-order valence-electron chi connectivity index (χ0n) is 10.3. The van der Waals surface area contributed by atoms with Crippen molar-refractivity contribution >= 4 is 15.9 Å². The van der Waals surface area contributed by atoms with Gasteiger partial charge in [0.1, 0.15) is 0 Å². The van der Waals surface area contributed by atoms with E-state index in [0.29, 0.717) is 12.3 Å². The van der Waals surface area contributed by atoms with Gasteiger partial charge in [0.15, 0.2) is 5.84 Å². The highest BCUT2D eigenvalue weighted by molar-refractivity contribution is 7.89. The summed E-state index contributed by atoms with van der Waals surface area (Å²) in [4.78, 5) is 0. The lowest BCUT2D eigenvalue weighted by Gasteiger charge is -2.20. The Balaban J connectivity index is 2.57. The summed E-state index contributed by atoms with van der Waals surface area (Å²) in [6.45, 7) is 3.62. The Hall–Kier alpha value is -0.820. The van der Waals surface area contributed by atoms with Crippen molar-refractivity contribution in [3.63, 3.8) is 0 Å². The third kappa shape index (κ3) is 4.91. The molecule has 0 bridgehead atoms. The molecular formula is C10H21N3O3S. The molecule has 1 aliphatic rings. The lowest BCUT2D eigenvalue weighted by molar-refractivity contribution is 0.313. The topological polar surface area (TPSA) is 105 Å². The van der Waals surface area contributed by atoms with Crippen LogP contribution in [-0.2, 0) is 10.0 Å². The van der Waals surface area contributed by atoms with Crippen molar-refractivity contribution in [3.8, 4) is 0 Å². The Bertz CT molecular complexity index is 374. The van der Waals surface area contributed by atoms with E-state index in [9.17, 15) is 8.42 Å². The van der Waals surface area contributed by atoms with Gasteiger partial charge >= 0.3 is 0 Å². The minimum absolute atomic E-state index is 0.0680. The molecule has 1 unspecified atom stereocenters. The van der Waals surface area contributed by atoms with Crippen molar-refractivity contribution < 1.29 is 13.6 Å². The average molecular weight is 263 g/mol. The maximum Gasteiger partial charge on any atom is 0.212 e. The molecule has 6 nitrogen and oxygen atoms in total. The van der Waals surface area contributed by atoms with Crippen LogP contribution in [0.1, 0.15) is 33.1 Å². The Kier molecular flexibility index (Phi) is 4.76. The van der Waals surface area contributed by atoms with Crippen LogP contribution in [-0.4, -0.2) is 31.3 Å². The molecule has 1 aliphatic carbocycles. The fourth-order valence-corrected chi connectivity index (χ4v) is 3.12. The summed E-state index contributed by atoms with van der Waals surface area (Å²) >= 11 is 0. The maximum atomic E-state index is 11.8. The van der Waals surface area contributed by atoms with E-state index in [-0.39, 0.29) is 17.5 Å². The third-order valence-electron chi connectivity index (χ3n) is 2.90. The summed E-state index contributed by atoms with van der Waals surface area (Å²) < 4.78 is 26.1. The predicted octanol–water partition coefficient (Wildman–Crippen LogP) is 0.477. The van der Waals surface area contributed by atoms with Gasteiger partial charge < -0.3 is 10.9 Å². The highest BCUT2D eigenvalue weighted by Crippen LogP contribution is 2.32. The van der Waals surface area contributed by atoms with Crippen molar-refractivity contribution in [1.82, 2.24) is 4.72 Å². The van der Waals surface area contributed by atoms with Crippen LogP contribution in [0.15, 0.2) is 5.16 Å². The number of sulfonamides is 1. The summed E-state index contributed by atoms with van der Waals surface area (Å²) in [6.07, 6.45) is 2.95. The Morgan fingerprint density at radius 2 is 2.12 bits per heavy atom. The van der Waals surface area contributed by atoms with E-state index >= 15 is 0 Å². The minimum Gasteiger partial charge on any atom is -0.409 e. The quantitative estimate of drug-likeness (QED) is 0.269. The second kappa shape index (κ2) is 5.68. The van der Waals surface area contributed by atoms with Crippen LogP contribution in [0.5, 0.6) is 0 Å². The van der Waals surface area contributed by atoms with Crippen molar-refractivity contribution in [3.05, 3.63) is 0 Å². The van der Waals surface area contributed by atoms with Gasteiger partial charge in [-0.05, 0) is 18.3 Å². The summed E-state index contributed by atoms with van der Waals surface area (Å²) in [6, 6.07) is -0.649. The normalized spacial score (nSPS) is 19.6.